The molecule has 2 N–H and O–H groups in total. The van der Waals surface area contributed by atoms with Crippen molar-refractivity contribution >= 4 is 17.2 Å². The van der Waals surface area contributed by atoms with E-state index in [2.05, 4.69) is 19.1 Å². The van der Waals surface area contributed by atoms with Crippen molar-refractivity contribution in [2.75, 3.05) is 0 Å². The second-order valence-corrected chi connectivity index (χ2v) is 5.63. The summed E-state index contributed by atoms with van der Waals surface area (Å²) >= 11 is 4.99. The molecule has 0 bridgehead atoms. The van der Waals surface area contributed by atoms with Crippen LogP contribution in [0.1, 0.15) is 35.6 Å². The van der Waals surface area contributed by atoms with E-state index in [4.69, 9.17) is 22.7 Å². The fraction of sp³-hybridized carbons (Fsp3) is 0.278. The number of aryl methyl sites for hydroxylation is 2. The Bertz CT molecular complexity index is 620. The normalized spacial score (nSPS) is 10.4. The quantitative estimate of drug-likeness (QED) is 0.813. The highest BCUT2D eigenvalue weighted by molar-refractivity contribution is 7.80. The van der Waals surface area contributed by atoms with Gasteiger partial charge in [0.1, 0.15) is 17.3 Å². The van der Waals surface area contributed by atoms with Crippen LogP contribution in [0.5, 0.6) is 5.75 Å². The van der Waals surface area contributed by atoms with Crippen LogP contribution in [-0.2, 0) is 13.0 Å². The van der Waals surface area contributed by atoms with Crippen molar-refractivity contribution in [1.82, 2.24) is 0 Å². The molecule has 110 valence electrons. The molecule has 21 heavy (non-hydrogen) atoms. The molecule has 0 aliphatic carbocycles. The van der Waals surface area contributed by atoms with Crippen molar-refractivity contribution in [2.45, 2.75) is 33.3 Å². The van der Waals surface area contributed by atoms with Gasteiger partial charge in [-0.2, -0.15) is 0 Å². The third-order valence-corrected chi connectivity index (χ3v) is 3.72. The minimum Gasteiger partial charge on any atom is -0.489 e. The van der Waals surface area contributed by atoms with E-state index >= 15 is 0 Å². The molecule has 0 saturated carbocycles. The fourth-order valence-electron chi connectivity index (χ4n) is 2.21. The van der Waals surface area contributed by atoms with Crippen LogP contribution in [0.25, 0.3) is 0 Å². The first-order valence-electron chi connectivity index (χ1n) is 7.21. The van der Waals surface area contributed by atoms with E-state index in [1.807, 2.05) is 37.3 Å². The Hall–Kier alpha value is -1.87. The third-order valence-electron chi connectivity index (χ3n) is 3.48. The van der Waals surface area contributed by atoms with Gasteiger partial charge in [0.2, 0.25) is 0 Å². The van der Waals surface area contributed by atoms with Crippen molar-refractivity contribution in [3.8, 4) is 5.75 Å². The van der Waals surface area contributed by atoms with Gasteiger partial charge in [-0.3, -0.25) is 0 Å². The van der Waals surface area contributed by atoms with Crippen LogP contribution in [-0.4, -0.2) is 4.99 Å². The molecule has 0 fully saturated rings. The highest BCUT2D eigenvalue weighted by Gasteiger charge is 2.03. The lowest BCUT2D eigenvalue weighted by Gasteiger charge is -2.10. The zero-order valence-electron chi connectivity index (χ0n) is 12.6. The largest absolute Gasteiger partial charge is 0.489 e. The van der Waals surface area contributed by atoms with Crippen LogP contribution in [0.2, 0.25) is 0 Å². The van der Waals surface area contributed by atoms with E-state index in [0.717, 1.165) is 35.3 Å². The van der Waals surface area contributed by atoms with Crippen LogP contribution in [0.3, 0.4) is 0 Å². The maximum atomic E-state index is 5.84. The second-order valence-electron chi connectivity index (χ2n) is 5.19. The lowest BCUT2D eigenvalue weighted by molar-refractivity contribution is 0.305. The summed E-state index contributed by atoms with van der Waals surface area (Å²) in [4.78, 5) is 0.428. The monoisotopic (exact) mass is 299 g/mol. The van der Waals surface area contributed by atoms with Crippen molar-refractivity contribution in [2.24, 2.45) is 5.73 Å². The van der Waals surface area contributed by atoms with Gasteiger partial charge in [0, 0.05) is 5.56 Å². The van der Waals surface area contributed by atoms with Gasteiger partial charge in [-0.1, -0.05) is 49.8 Å². The van der Waals surface area contributed by atoms with Crippen molar-refractivity contribution in [3.05, 3.63) is 64.7 Å². The maximum Gasteiger partial charge on any atom is 0.119 e. The molecule has 2 rings (SSSR count). The van der Waals surface area contributed by atoms with Gasteiger partial charge in [0.05, 0.1) is 0 Å². The summed E-state index contributed by atoms with van der Waals surface area (Å²) in [6.07, 6.45) is 2.27. The van der Waals surface area contributed by atoms with Gasteiger partial charge >= 0.3 is 0 Å². The second kappa shape index (κ2) is 7.23. The summed E-state index contributed by atoms with van der Waals surface area (Å²) in [5.41, 5.74) is 10.2. The summed E-state index contributed by atoms with van der Waals surface area (Å²) in [6.45, 7) is 4.78. The summed E-state index contributed by atoms with van der Waals surface area (Å²) in [5, 5.41) is 0. The lowest BCUT2D eigenvalue weighted by atomic mass is 10.1. The van der Waals surface area contributed by atoms with Crippen LogP contribution < -0.4 is 10.5 Å². The van der Waals surface area contributed by atoms with E-state index in [-0.39, 0.29) is 0 Å². The van der Waals surface area contributed by atoms with E-state index in [9.17, 15) is 0 Å². The molecule has 0 saturated heterocycles. The first-order chi connectivity index (χ1) is 10.1. The number of ether oxygens (including phenoxy) is 1. The maximum absolute atomic E-state index is 5.84. The summed E-state index contributed by atoms with van der Waals surface area (Å²) in [5.74, 6) is 0.896. The van der Waals surface area contributed by atoms with Gasteiger partial charge in [0.15, 0.2) is 0 Å². The van der Waals surface area contributed by atoms with Crippen LogP contribution in [0.4, 0.5) is 0 Å². The van der Waals surface area contributed by atoms with Crippen LogP contribution in [0, 0.1) is 6.92 Å². The zero-order valence-corrected chi connectivity index (χ0v) is 13.4. The van der Waals surface area contributed by atoms with Gasteiger partial charge < -0.3 is 10.5 Å². The molecule has 2 aromatic rings. The van der Waals surface area contributed by atoms with Crippen molar-refractivity contribution in [3.63, 3.8) is 0 Å². The summed E-state index contributed by atoms with van der Waals surface area (Å²) in [6, 6.07) is 14.3. The summed E-state index contributed by atoms with van der Waals surface area (Å²) in [7, 11) is 0. The Labute approximate surface area is 131 Å². The number of hydrogen-bond acceptors (Lipinski definition) is 2. The first kappa shape index (κ1) is 15.5. The Morgan fingerprint density at radius 2 is 1.86 bits per heavy atom. The number of thiocarbonyl (C=S) groups is 1. The van der Waals surface area contributed by atoms with Gasteiger partial charge in [0.25, 0.3) is 0 Å². The Morgan fingerprint density at radius 3 is 2.43 bits per heavy atom. The van der Waals surface area contributed by atoms with E-state index in [1.54, 1.807) is 0 Å². The SMILES string of the molecule is CCCc1ccc(OCc2ccc(C(N)=S)cc2C)cc1. The molecule has 0 amide bonds. The first-order valence-corrected chi connectivity index (χ1v) is 7.62. The molecule has 0 aliphatic heterocycles. The van der Waals surface area contributed by atoms with E-state index in [0.29, 0.717) is 11.6 Å². The Balaban J connectivity index is 2.01. The number of rotatable bonds is 6. The molecule has 0 atom stereocenters. The average Bonchev–Trinajstić information content (AvgIpc) is 2.47. The molecule has 3 heteroatoms. The molecular weight excluding hydrogens is 278 g/mol. The Kier molecular flexibility index (Phi) is 5.34. The van der Waals surface area contributed by atoms with Crippen LogP contribution in [0.15, 0.2) is 42.5 Å². The molecule has 2 aromatic carbocycles. The van der Waals surface area contributed by atoms with Gasteiger partial charge in [-0.05, 0) is 48.2 Å². The predicted molar refractivity (Wildman–Crippen MR) is 91.8 cm³/mol. The predicted octanol–water partition coefficient (Wildman–Crippen LogP) is 4.16. The molecule has 2 nitrogen and oxygen atoms in total. The van der Waals surface area contributed by atoms with E-state index in [1.165, 1.54) is 5.56 Å². The molecule has 0 aliphatic rings. The van der Waals surface area contributed by atoms with Crippen molar-refractivity contribution < 1.29 is 4.74 Å². The van der Waals surface area contributed by atoms with Crippen molar-refractivity contribution in [1.29, 1.82) is 0 Å². The zero-order chi connectivity index (χ0) is 15.2. The highest BCUT2D eigenvalue weighted by atomic mass is 32.1. The molecular formula is C18H21NOS. The fourth-order valence-corrected chi connectivity index (χ4v) is 2.34. The average molecular weight is 299 g/mol. The lowest BCUT2D eigenvalue weighted by Crippen LogP contribution is -2.10. The number of hydrogen-bond donors (Lipinski definition) is 1. The molecule has 0 radical (unpaired) electrons. The molecule has 0 heterocycles. The third kappa shape index (κ3) is 4.30. The minimum atomic E-state index is 0.428. The standard InChI is InChI=1S/C18H21NOS/c1-3-4-14-5-9-17(10-6-14)20-12-16-8-7-15(18(19)21)11-13(16)2/h5-11H,3-4,12H2,1-2H3,(H2,19,21). The number of nitrogens with two attached hydrogens (primary N) is 1. The minimum absolute atomic E-state index is 0.428. The summed E-state index contributed by atoms with van der Waals surface area (Å²) < 4.78 is 5.84. The molecule has 0 spiro atoms. The highest BCUT2D eigenvalue weighted by Crippen LogP contribution is 2.17. The van der Waals surface area contributed by atoms with E-state index < -0.39 is 0 Å². The smallest absolute Gasteiger partial charge is 0.119 e. The Morgan fingerprint density at radius 1 is 1.14 bits per heavy atom. The molecule has 0 unspecified atom stereocenters. The number of benzene rings is 2. The van der Waals surface area contributed by atoms with Gasteiger partial charge in [-0.15, -0.1) is 0 Å². The van der Waals surface area contributed by atoms with Gasteiger partial charge in [-0.25, -0.2) is 0 Å². The van der Waals surface area contributed by atoms with Crippen LogP contribution >= 0.6 is 12.2 Å². The topological polar surface area (TPSA) is 35.2 Å². The molecule has 0 aromatic heterocycles.